The minimum atomic E-state index is -0.678. The lowest BCUT2D eigenvalue weighted by molar-refractivity contribution is -0.142. The lowest BCUT2D eigenvalue weighted by Crippen LogP contribution is -2.20. The average molecular weight is 527 g/mol. The number of halogens is 1. The molecule has 7 nitrogen and oxygen atoms in total. The molecular weight excluding hydrogens is 508 g/mol. The Kier molecular flexibility index (Phi) is 7.50. The van der Waals surface area contributed by atoms with Crippen molar-refractivity contribution in [2.24, 2.45) is 0 Å². The first-order valence-corrected chi connectivity index (χ1v) is 11.4. The molecule has 1 heterocycles. The summed E-state index contributed by atoms with van der Waals surface area (Å²) < 4.78 is 7.75. The largest absolute Gasteiger partial charge is 0.452 e. The van der Waals surface area contributed by atoms with Crippen molar-refractivity contribution in [1.82, 2.24) is 9.78 Å². The van der Waals surface area contributed by atoms with Crippen molar-refractivity contribution in [2.45, 2.75) is 0 Å². The fourth-order valence-corrected chi connectivity index (χ4v) is 3.54. The lowest BCUT2D eigenvalue weighted by atomic mass is 10.1. The molecule has 4 aromatic rings. The molecule has 0 saturated carbocycles. The molecule has 35 heavy (non-hydrogen) atoms. The number of aromatic nitrogens is 2. The number of nitrogens with one attached hydrogen (secondary N) is 1. The van der Waals surface area contributed by atoms with Crippen LogP contribution in [0, 0.1) is 11.3 Å². The molecule has 4 rings (SSSR count). The van der Waals surface area contributed by atoms with Crippen LogP contribution in [0.25, 0.3) is 23.0 Å². The molecular formula is C27H19BrN4O3. The molecule has 0 unspecified atom stereocenters. The van der Waals surface area contributed by atoms with Crippen molar-refractivity contribution in [1.29, 1.82) is 5.26 Å². The van der Waals surface area contributed by atoms with E-state index in [1.807, 2.05) is 66.9 Å². The Labute approximate surface area is 210 Å². The summed E-state index contributed by atoms with van der Waals surface area (Å²) in [5.41, 5.74) is 3.84. The molecule has 1 N–H and O–H groups in total. The standard InChI is InChI=1S/C27H19BrN4O3/c28-22-13-10-19(11-14-22)27-21(17-32(31-27)23-7-2-1-3-8-23)12-15-26(34)35-18-25(33)30-24-9-5-4-6-20(24)16-29/h1-15,17H,18H2,(H,30,33)/b15-12+. The summed E-state index contributed by atoms with van der Waals surface area (Å²) in [6.45, 7) is -0.480. The van der Waals surface area contributed by atoms with Crippen LogP contribution in [-0.2, 0) is 14.3 Å². The van der Waals surface area contributed by atoms with E-state index >= 15 is 0 Å². The summed E-state index contributed by atoms with van der Waals surface area (Å²) in [6.07, 6.45) is 4.68. The fourth-order valence-electron chi connectivity index (χ4n) is 3.27. The maximum absolute atomic E-state index is 12.3. The van der Waals surface area contributed by atoms with Crippen molar-refractivity contribution in [3.8, 4) is 23.0 Å². The summed E-state index contributed by atoms with van der Waals surface area (Å²) in [5, 5.41) is 16.4. The second kappa shape index (κ2) is 11.1. The highest BCUT2D eigenvalue weighted by molar-refractivity contribution is 9.10. The Morgan fingerprint density at radius 1 is 1.03 bits per heavy atom. The molecule has 0 fully saturated rings. The minimum absolute atomic E-state index is 0.322. The monoisotopic (exact) mass is 526 g/mol. The number of rotatable bonds is 7. The van der Waals surface area contributed by atoms with E-state index in [1.165, 1.54) is 6.08 Å². The number of ether oxygens (including phenoxy) is 1. The van der Waals surface area contributed by atoms with Gasteiger partial charge in [-0.15, -0.1) is 0 Å². The maximum atomic E-state index is 12.3. The molecule has 0 aliphatic rings. The number of amides is 1. The summed E-state index contributed by atoms with van der Waals surface area (Å²) in [7, 11) is 0. The molecule has 0 saturated heterocycles. The van der Waals surface area contributed by atoms with Crippen LogP contribution in [0.4, 0.5) is 5.69 Å². The van der Waals surface area contributed by atoms with E-state index in [0.717, 1.165) is 15.7 Å². The molecule has 0 aliphatic heterocycles. The number of para-hydroxylation sites is 2. The van der Waals surface area contributed by atoms with Crippen LogP contribution < -0.4 is 5.32 Å². The van der Waals surface area contributed by atoms with E-state index in [4.69, 9.17) is 15.1 Å². The highest BCUT2D eigenvalue weighted by Crippen LogP contribution is 2.26. The van der Waals surface area contributed by atoms with E-state index < -0.39 is 18.5 Å². The number of carbonyl (C=O) groups excluding carboxylic acids is 2. The highest BCUT2D eigenvalue weighted by Gasteiger charge is 2.12. The Morgan fingerprint density at radius 3 is 2.49 bits per heavy atom. The van der Waals surface area contributed by atoms with Gasteiger partial charge in [0.05, 0.1) is 22.6 Å². The zero-order valence-electron chi connectivity index (χ0n) is 18.4. The van der Waals surface area contributed by atoms with Crippen LogP contribution in [0.5, 0.6) is 0 Å². The van der Waals surface area contributed by atoms with Gasteiger partial charge >= 0.3 is 5.97 Å². The van der Waals surface area contributed by atoms with E-state index in [2.05, 4.69) is 21.2 Å². The molecule has 3 aromatic carbocycles. The van der Waals surface area contributed by atoms with Crippen molar-refractivity contribution in [3.05, 3.63) is 107 Å². The topological polar surface area (TPSA) is 97.0 Å². The van der Waals surface area contributed by atoms with Crippen molar-refractivity contribution in [2.75, 3.05) is 11.9 Å². The predicted molar refractivity (Wildman–Crippen MR) is 136 cm³/mol. The minimum Gasteiger partial charge on any atom is -0.452 e. The summed E-state index contributed by atoms with van der Waals surface area (Å²) in [6, 6.07) is 25.9. The normalized spacial score (nSPS) is 10.6. The Balaban J connectivity index is 1.48. The first-order chi connectivity index (χ1) is 17.0. The van der Waals surface area contributed by atoms with Crippen LogP contribution in [0.3, 0.4) is 0 Å². The number of carbonyl (C=O) groups is 2. The first-order valence-electron chi connectivity index (χ1n) is 10.6. The number of esters is 1. The van der Waals surface area contributed by atoms with Crippen molar-refractivity contribution in [3.63, 3.8) is 0 Å². The van der Waals surface area contributed by atoms with Crippen molar-refractivity contribution >= 4 is 39.6 Å². The van der Waals surface area contributed by atoms with Crippen molar-refractivity contribution < 1.29 is 14.3 Å². The van der Waals surface area contributed by atoms with Gasteiger partial charge in [-0.3, -0.25) is 4.79 Å². The number of hydrogen-bond donors (Lipinski definition) is 1. The predicted octanol–water partition coefficient (Wildman–Crippen LogP) is 5.37. The van der Waals surface area contributed by atoms with Crippen LogP contribution >= 0.6 is 15.9 Å². The van der Waals surface area contributed by atoms with Gasteiger partial charge in [0.15, 0.2) is 6.61 Å². The summed E-state index contributed by atoms with van der Waals surface area (Å²) in [5.74, 6) is -1.22. The fraction of sp³-hybridized carbons (Fsp3) is 0.0370. The van der Waals surface area contributed by atoms with Gasteiger partial charge in [0.1, 0.15) is 6.07 Å². The molecule has 1 aromatic heterocycles. The zero-order chi connectivity index (χ0) is 24.6. The Hall–Kier alpha value is -4.48. The van der Waals surface area contributed by atoms with Crippen LogP contribution in [0.2, 0.25) is 0 Å². The second-order valence-corrected chi connectivity index (χ2v) is 8.28. The van der Waals surface area contributed by atoms with E-state index in [1.54, 1.807) is 35.0 Å². The third-order valence-corrected chi connectivity index (χ3v) is 5.48. The van der Waals surface area contributed by atoms with Crippen LogP contribution in [0.1, 0.15) is 11.1 Å². The molecule has 0 radical (unpaired) electrons. The highest BCUT2D eigenvalue weighted by atomic mass is 79.9. The Morgan fingerprint density at radius 2 is 1.74 bits per heavy atom. The molecule has 172 valence electrons. The average Bonchev–Trinajstić information content (AvgIpc) is 3.32. The summed E-state index contributed by atoms with van der Waals surface area (Å²) >= 11 is 3.44. The quantitative estimate of drug-likeness (QED) is 0.258. The van der Waals surface area contributed by atoms with Gasteiger partial charge in [-0.2, -0.15) is 10.4 Å². The number of benzene rings is 3. The summed E-state index contributed by atoms with van der Waals surface area (Å²) in [4.78, 5) is 24.4. The van der Waals surface area contributed by atoms with E-state index in [-0.39, 0.29) is 0 Å². The molecule has 8 heteroatoms. The molecule has 0 spiro atoms. The number of nitrogens with zero attached hydrogens (tertiary/aromatic N) is 3. The Bertz CT molecular complexity index is 1420. The molecule has 0 bridgehead atoms. The lowest BCUT2D eigenvalue weighted by Gasteiger charge is -2.06. The third-order valence-electron chi connectivity index (χ3n) is 4.95. The van der Waals surface area contributed by atoms with Crippen LogP contribution in [-0.4, -0.2) is 28.3 Å². The van der Waals surface area contributed by atoms with E-state index in [9.17, 15) is 9.59 Å². The van der Waals surface area contributed by atoms with Gasteiger partial charge in [-0.25, -0.2) is 9.48 Å². The number of anilines is 1. The molecule has 0 aliphatic carbocycles. The van der Waals surface area contributed by atoms with Gasteiger partial charge in [-0.05, 0) is 42.5 Å². The second-order valence-electron chi connectivity index (χ2n) is 7.37. The zero-order valence-corrected chi connectivity index (χ0v) is 20.0. The van der Waals surface area contributed by atoms with Gasteiger partial charge < -0.3 is 10.1 Å². The third kappa shape index (κ3) is 6.10. The smallest absolute Gasteiger partial charge is 0.331 e. The first kappa shape index (κ1) is 23.7. The van der Waals surface area contributed by atoms with E-state index in [0.29, 0.717) is 22.5 Å². The van der Waals surface area contributed by atoms with Gasteiger partial charge in [0.2, 0.25) is 0 Å². The number of nitriles is 1. The number of hydrogen-bond acceptors (Lipinski definition) is 5. The van der Waals surface area contributed by atoms with Gasteiger partial charge in [-0.1, -0.05) is 58.4 Å². The van der Waals surface area contributed by atoms with Gasteiger partial charge in [0, 0.05) is 27.9 Å². The van der Waals surface area contributed by atoms with Gasteiger partial charge in [0.25, 0.3) is 5.91 Å². The molecule has 1 amide bonds. The SMILES string of the molecule is N#Cc1ccccc1NC(=O)COC(=O)/C=C/c1cn(-c2ccccc2)nc1-c1ccc(Br)cc1. The molecule has 0 atom stereocenters. The van der Waals surface area contributed by atoms with Crippen LogP contribution in [0.15, 0.2) is 95.6 Å². The maximum Gasteiger partial charge on any atom is 0.331 e.